The molecule has 0 radical (unpaired) electrons. The Morgan fingerprint density at radius 2 is 1.39 bits per heavy atom. The zero-order valence-electron chi connectivity index (χ0n) is 19.4. The highest BCUT2D eigenvalue weighted by atomic mass is 19.1. The highest BCUT2D eigenvalue weighted by Gasteiger charge is 2.14. The molecule has 7 nitrogen and oxygen atoms in total. The topological polar surface area (TPSA) is 100 Å². The van der Waals surface area contributed by atoms with E-state index in [0.29, 0.717) is 28.1 Å². The second kappa shape index (κ2) is 11.1. The van der Waals surface area contributed by atoms with Gasteiger partial charge in [-0.1, -0.05) is 18.2 Å². The number of carbonyl (C=O) groups is 3. The molecule has 1 atom stereocenters. The lowest BCUT2D eigenvalue weighted by atomic mass is 10.1. The van der Waals surface area contributed by atoms with Gasteiger partial charge in [-0.05, 0) is 79.2 Å². The fourth-order valence-electron chi connectivity index (χ4n) is 3.46. The summed E-state index contributed by atoms with van der Waals surface area (Å²) in [6, 6.07) is 22.0. The van der Waals surface area contributed by atoms with E-state index in [-0.39, 0.29) is 23.8 Å². The van der Waals surface area contributed by atoms with E-state index >= 15 is 0 Å². The van der Waals surface area contributed by atoms with Crippen LogP contribution in [0.15, 0.2) is 97.3 Å². The summed E-state index contributed by atoms with van der Waals surface area (Å²) in [5.74, 6) is -1.37. The van der Waals surface area contributed by atoms with E-state index in [1.165, 1.54) is 30.5 Å². The van der Waals surface area contributed by atoms with Gasteiger partial charge in [0, 0.05) is 34.9 Å². The Labute approximate surface area is 207 Å². The third kappa shape index (κ3) is 6.18. The monoisotopic (exact) mass is 482 g/mol. The Kier molecular flexibility index (Phi) is 7.45. The van der Waals surface area contributed by atoms with Gasteiger partial charge < -0.3 is 16.0 Å². The molecule has 180 valence electrons. The van der Waals surface area contributed by atoms with Gasteiger partial charge in [-0.15, -0.1) is 0 Å². The molecule has 1 aromatic heterocycles. The molecule has 0 aliphatic heterocycles. The Morgan fingerprint density at radius 1 is 0.722 bits per heavy atom. The largest absolute Gasteiger partial charge is 0.346 e. The van der Waals surface area contributed by atoms with Crippen LogP contribution >= 0.6 is 0 Å². The molecule has 4 aromatic rings. The van der Waals surface area contributed by atoms with Gasteiger partial charge in [-0.3, -0.25) is 19.4 Å². The Balaban J connectivity index is 1.35. The number of hydrogen-bond donors (Lipinski definition) is 3. The van der Waals surface area contributed by atoms with Crippen molar-refractivity contribution in [2.24, 2.45) is 0 Å². The number of aromatic nitrogens is 1. The van der Waals surface area contributed by atoms with E-state index in [9.17, 15) is 18.8 Å². The maximum Gasteiger partial charge on any atom is 0.257 e. The SMILES string of the molecule is CC(NC(=O)c1cccc(NC(=O)c2cccnc2)c1)c1ccc(NC(=O)c2ccc(F)cc2)cc1. The molecular weight excluding hydrogens is 459 g/mol. The predicted molar refractivity (Wildman–Crippen MR) is 135 cm³/mol. The minimum atomic E-state index is -0.409. The van der Waals surface area contributed by atoms with Crippen molar-refractivity contribution in [3.8, 4) is 0 Å². The average Bonchev–Trinajstić information content (AvgIpc) is 2.90. The first-order valence-electron chi connectivity index (χ1n) is 11.2. The molecule has 0 saturated carbocycles. The number of amides is 3. The zero-order valence-corrected chi connectivity index (χ0v) is 19.4. The molecule has 0 aliphatic rings. The van der Waals surface area contributed by atoms with Gasteiger partial charge in [0.25, 0.3) is 17.7 Å². The predicted octanol–water partition coefficient (Wildman–Crippen LogP) is 5.22. The smallest absolute Gasteiger partial charge is 0.257 e. The first-order valence-corrected chi connectivity index (χ1v) is 11.2. The molecule has 36 heavy (non-hydrogen) atoms. The number of anilines is 2. The number of nitrogens with one attached hydrogen (secondary N) is 3. The molecule has 4 rings (SSSR count). The number of nitrogens with zero attached hydrogens (tertiary/aromatic N) is 1. The lowest BCUT2D eigenvalue weighted by molar-refractivity contribution is 0.0938. The third-order valence-corrected chi connectivity index (χ3v) is 5.43. The summed E-state index contributed by atoms with van der Waals surface area (Å²) in [6.45, 7) is 1.85. The van der Waals surface area contributed by atoms with E-state index in [2.05, 4.69) is 20.9 Å². The number of halogens is 1. The zero-order chi connectivity index (χ0) is 25.5. The minimum absolute atomic E-state index is 0.298. The molecule has 0 aliphatic carbocycles. The Morgan fingerprint density at radius 3 is 2.08 bits per heavy atom. The summed E-state index contributed by atoms with van der Waals surface area (Å²) >= 11 is 0. The van der Waals surface area contributed by atoms with Crippen LogP contribution in [0.1, 0.15) is 49.6 Å². The molecule has 3 aromatic carbocycles. The first kappa shape index (κ1) is 24.3. The van der Waals surface area contributed by atoms with Crippen molar-refractivity contribution < 1.29 is 18.8 Å². The molecular formula is C28H23FN4O3. The van der Waals surface area contributed by atoms with Crippen LogP contribution in [0.2, 0.25) is 0 Å². The second-order valence-corrected chi connectivity index (χ2v) is 8.05. The molecule has 1 unspecified atom stereocenters. The normalized spacial score (nSPS) is 11.3. The van der Waals surface area contributed by atoms with Crippen molar-refractivity contribution in [2.45, 2.75) is 13.0 Å². The van der Waals surface area contributed by atoms with E-state index in [1.807, 2.05) is 6.92 Å². The average molecular weight is 483 g/mol. The van der Waals surface area contributed by atoms with Gasteiger partial charge in [0.2, 0.25) is 0 Å². The summed E-state index contributed by atoms with van der Waals surface area (Å²) < 4.78 is 13.0. The van der Waals surface area contributed by atoms with Crippen LogP contribution in [0.4, 0.5) is 15.8 Å². The van der Waals surface area contributed by atoms with Gasteiger partial charge in [-0.25, -0.2) is 4.39 Å². The maximum absolute atomic E-state index is 13.0. The van der Waals surface area contributed by atoms with Crippen LogP contribution in [0.25, 0.3) is 0 Å². The molecule has 0 spiro atoms. The van der Waals surface area contributed by atoms with Gasteiger partial charge in [-0.2, -0.15) is 0 Å². The molecule has 3 amide bonds. The highest BCUT2D eigenvalue weighted by Crippen LogP contribution is 2.19. The first-order chi connectivity index (χ1) is 17.4. The molecule has 1 heterocycles. The summed E-state index contributed by atoms with van der Waals surface area (Å²) in [7, 11) is 0. The van der Waals surface area contributed by atoms with E-state index in [1.54, 1.807) is 66.9 Å². The third-order valence-electron chi connectivity index (χ3n) is 5.43. The van der Waals surface area contributed by atoms with E-state index in [4.69, 9.17) is 0 Å². The fourth-order valence-corrected chi connectivity index (χ4v) is 3.46. The number of hydrogen-bond acceptors (Lipinski definition) is 4. The molecule has 0 saturated heterocycles. The van der Waals surface area contributed by atoms with Gasteiger partial charge in [0.1, 0.15) is 5.82 Å². The Bertz CT molecular complexity index is 1370. The molecule has 3 N–H and O–H groups in total. The van der Waals surface area contributed by atoms with Crippen LogP contribution in [0.5, 0.6) is 0 Å². The van der Waals surface area contributed by atoms with Crippen LogP contribution < -0.4 is 16.0 Å². The maximum atomic E-state index is 13.0. The standard InChI is InChI=1S/C28H23FN4O3/c1-18(19-9-13-24(14-10-19)32-26(34)20-7-11-23(29)12-8-20)31-27(35)21-4-2-6-25(16-21)33-28(36)22-5-3-15-30-17-22/h2-18H,1H3,(H,31,35)(H,32,34)(H,33,36). The second-order valence-electron chi connectivity index (χ2n) is 8.05. The van der Waals surface area contributed by atoms with E-state index < -0.39 is 5.82 Å². The fraction of sp³-hybridized carbons (Fsp3) is 0.0714. The van der Waals surface area contributed by atoms with Crippen LogP contribution in [-0.4, -0.2) is 22.7 Å². The van der Waals surface area contributed by atoms with Crippen molar-refractivity contribution >= 4 is 29.1 Å². The van der Waals surface area contributed by atoms with Crippen molar-refractivity contribution in [3.63, 3.8) is 0 Å². The summed E-state index contributed by atoms with van der Waals surface area (Å²) in [6.07, 6.45) is 3.05. The lowest BCUT2D eigenvalue weighted by Gasteiger charge is -2.16. The number of pyridine rings is 1. The van der Waals surface area contributed by atoms with Crippen LogP contribution in [0, 0.1) is 5.82 Å². The van der Waals surface area contributed by atoms with Gasteiger partial charge in [0.15, 0.2) is 0 Å². The van der Waals surface area contributed by atoms with Crippen molar-refractivity contribution in [2.75, 3.05) is 10.6 Å². The highest BCUT2D eigenvalue weighted by molar-refractivity contribution is 6.05. The van der Waals surface area contributed by atoms with Gasteiger partial charge in [0.05, 0.1) is 11.6 Å². The van der Waals surface area contributed by atoms with E-state index in [0.717, 1.165) is 5.56 Å². The summed E-state index contributed by atoms with van der Waals surface area (Å²) in [5.41, 5.74) is 3.06. The summed E-state index contributed by atoms with van der Waals surface area (Å²) in [5, 5.41) is 8.45. The van der Waals surface area contributed by atoms with Gasteiger partial charge >= 0.3 is 0 Å². The van der Waals surface area contributed by atoms with Crippen LogP contribution in [-0.2, 0) is 0 Å². The number of carbonyl (C=O) groups excluding carboxylic acids is 3. The minimum Gasteiger partial charge on any atom is -0.346 e. The van der Waals surface area contributed by atoms with Crippen LogP contribution in [0.3, 0.4) is 0 Å². The van der Waals surface area contributed by atoms with Crippen molar-refractivity contribution in [1.29, 1.82) is 0 Å². The Hall–Kier alpha value is -4.85. The van der Waals surface area contributed by atoms with Crippen molar-refractivity contribution in [1.82, 2.24) is 10.3 Å². The summed E-state index contributed by atoms with van der Waals surface area (Å²) in [4.78, 5) is 41.4. The quantitative estimate of drug-likeness (QED) is 0.336. The van der Waals surface area contributed by atoms with Crippen molar-refractivity contribution in [3.05, 3.63) is 125 Å². The number of rotatable bonds is 7. The molecule has 8 heteroatoms. The number of benzene rings is 3. The molecule has 0 bridgehead atoms. The lowest BCUT2D eigenvalue weighted by Crippen LogP contribution is -2.26. The molecule has 0 fully saturated rings.